The van der Waals surface area contributed by atoms with Crippen molar-refractivity contribution >= 4 is 10.0 Å². The van der Waals surface area contributed by atoms with Crippen molar-refractivity contribution in [3.05, 3.63) is 0 Å². The second-order valence-corrected chi connectivity index (χ2v) is 2.92. The van der Waals surface area contributed by atoms with E-state index in [-0.39, 0.29) is 0 Å². The molecule has 0 rings (SSSR count). The van der Waals surface area contributed by atoms with Crippen molar-refractivity contribution in [1.82, 2.24) is 0 Å². The third kappa shape index (κ3) is 8.14. The van der Waals surface area contributed by atoms with Crippen molar-refractivity contribution in [2.45, 2.75) is 26.7 Å². The normalized spacial score (nSPS) is 11.3. The summed E-state index contributed by atoms with van der Waals surface area (Å²) in [6.45, 7) is 5.85. The van der Waals surface area contributed by atoms with Crippen LogP contribution in [0.25, 0.3) is 0 Å². The highest BCUT2D eigenvalue weighted by molar-refractivity contribution is 6.17. The van der Waals surface area contributed by atoms with Gasteiger partial charge in [-0.3, -0.25) is 0 Å². The highest BCUT2D eigenvalue weighted by atomic mass is 28.3. The SMILES string of the molecule is CCCCO[SiH2]OCC. The van der Waals surface area contributed by atoms with Crippen LogP contribution >= 0.6 is 0 Å². The minimum absolute atomic E-state index is 0.609. The zero-order valence-electron chi connectivity index (χ0n) is 6.35. The van der Waals surface area contributed by atoms with E-state index in [0.717, 1.165) is 13.2 Å². The fourth-order valence-electron chi connectivity index (χ4n) is 0.448. The van der Waals surface area contributed by atoms with Gasteiger partial charge in [-0.2, -0.15) is 0 Å². The fourth-order valence-corrected chi connectivity index (χ4v) is 1.05. The Hall–Kier alpha value is 0.137. The van der Waals surface area contributed by atoms with Crippen LogP contribution in [0.1, 0.15) is 26.7 Å². The Kier molecular flexibility index (Phi) is 8.26. The van der Waals surface area contributed by atoms with Crippen molar-refractivity contribution in [3.8, 4) is 0 Å². The smallest absolute Gasteiger partial charge is 0.304 e. The Bertz CT molecular complexity index is 44.3. The summed E-state index contributed by atoms with van der Waals surface area (Å²) in [6, 6.07) is 0. The molecule has 0 aromatic carbocycles. The maximum absolute atomic E-state index is 5.23. The van der Waals surface area contributed by atoms with Crippen molar-refractivity contribution in [3.63, 3.8) is 0 Å². The second kappa shape index (κ2) is 8.14. The van der Waals surface area contributed by atoms with Gasteiger partial charge in [0.15, 0.2) is 0 Å². The molecule has 0 aromatic heterocycles. The van der Waals surface area contributed by atoms with E-state index >= 15 is 0 Å². The monoisotopic (exact) mass is 148 g/mol. The first-order valence-electron chi connectivity index (χ1n) is 3.57. The molecule has 56 valence electrons. The van der Waals surface area contributed by atoms with E-state index in [2.05, 4.69) is 6.92 Å². The molecule has 0 atom stereocenters. The number of hydrogen-bond donors (Lipinski definition) is 0. The van der Waals surface area contributed by atoms with Crippen molar-refractivity contribution in [2.24, 2.45) is 0 Å². The molecule has 0 aromatic rings. The van der Waals surface area contributed by atoms with E-state index in [1.54, 1.807) is 0 Å². The molecule has 0 heterocycles. The lowest BCUT2D eigenvalue weighted by Gasteiger charge is -2.00. The molecule has 0 saturated heterocycles. The van der Waals surface area contributed by atoms with E-state index in [4.69, 9.17) is 8.85 Å². The summed E-state index contributed by atoms with van der Waals surface area (Å²) in [5.74, 6) is 0. The Labute approximate surface area is 59.6 Å². The van der Waals surface area contributed by atoms with E-state index < -0.39 is 10.0 Å². The maximum Gasteiger partial charge on any atom is 0.304 e. The van der Waals surface area contributed by atoms with Crippen molar-refractivity contribution in [1.29, 1.82) is 0 Å². The average molecular weight is 148 g/mol. The molecular weight excluding hydrogens is 132 g/mol. The first kappa shape index (κ1) is 9.14. The molecule has 0 fully saturated rings. The number of rotatable bonds is 6. The average Bonchev–Trinajstić information content (AvgIpc) is 1.89. The van der Waals surface area contributed by atoms with Crippen LogP contribution in [-0.2, 0) is 8.85 Å². The topological polar surface area (TPSA) is 18.5 Å². The van der Waals surface area contributed by atoms with Gasteiger partial charge in [0.05, 0.1) is 0 Å². The van der Waals surface area contributed by atoms with Gasteiger partial charge >= 0.3 is 10.0 Å². The van der Waals surface area contributed by atoms with Gasteiger partial charge < -0.3 is 8.85 Å². The fraction of sp³-hybridized carbons (Fsp3) is 1.00. The van der Waals surface area contributed by atoms with E-state index in [9.17, 15) is 0 Å². The Morgan fingerprint density at radius 3 is 2.56 bits per heavy atom. The molecule has 0 aliphatic heterocycles. The van der Waals surface area contributed by atoms with Gasteiger partial charge in [0, 0.05) is 13.2 Å². The first-order chi connectivity index (χ1) is 4.41. The second-order valence-electron chi connectivity index (χ2n) is 1.87. The third-order valence-corrected chi connectivity index (χ3v) is 2.04. The van der Waals surface area contributed by atoms with E-state index in [1.165, 1.54) is 12.8 Å². The van der Waals surface area contributed by atoms with Crippen LogP contribution < -0.4 is 0 Å². The van der Waals surface area contributed by atoms with E-state index in [1.807, 2.05) is 6.92 Å². The highest BCUT2D eigenvalue weighted by Gasteiger charge is 1.85. The molecule has 2 nitrogen and oxygen atoms in total. The van der Waals surface area contributed by atoms with Gasteiger partial charge in [-0.1, -0.05) is 13.3 Å². The van der Waals surface area contributed by atoms with Gasteiger partial charge in [0.25, 0.3) is 0 Å². The van der Waals surface area contributed by atoms with Gasteiger partial charge in [-0.05, 0) is 13.3 Å². The Morgan fingerprint density at radius 1 is 1.22 bits per heavy atom. The molecule has 0 aliphatic rings. The summed E-state index contributed by atoms with van der Waals surface area (Å²) < 4.78 is 10.3. The van der Waals surface area contributed by atoms with Crippen LogP contribution in [0.2, 0.25) is 0 Å². The van der Waals surface area contributed by atoms with Gasteiger partial charge in [0.2, 0.25) is 0 Å². The van der Waals surface area contributed by atoms with Crippen LogP contribution in [0.15, 0.2) is 0 Å². The van der Waals surface area contributed by atoms with Crippen molar-refractivity contribution < 1.29 is 8.85 Å². The molecule has 0 saturated carbocycles. The molecule has 0 radical (unpaired) electrons. The molecule has 0 unspecified atom stereocenters. The number of hydrogen-bond acceptors (Lipinski definition) is 2. The Morgan fingerprint density at radius 2 is 2.00 bits per heavy atom. The van der Waals surface area contributed by atoms with Gasteiger partial charge in [0.1, 0.15) is 0 Å². The summed E-state index contributed by atoms with van der Waals surface area (Å²) in [5.41, 5.74) is 0. The van der Waals surface area contributed by atoms with Crippen LogP contribution in [0.3, 0.4) is 0 Å². The summed E-state index contributed by atoms with van der Waals surface area (Å²) in [4.78, 5) is 0. The lowest BCUT2D eigenvalue weighted by atomic mass is 10.4. The predicted octanol–water partition coefficient (Wildman–Crippen LogP) is 0.838. The molecule has 3 heteroatoms. The molecule has 0 aliphatic carbocycles. The maximum atomic E-state index is 5.23. The number of unbranched alkanes of at least 4 members (excludes halogenated alkanes) is 1. The lowest BCUT2D eigenvalue weighted by molar-refractivity contribution is 0.227. The van der Waals surface area contributed by atoms with E-state index in [0.29, 0.717) is 0 Å². The largest absolute Gasteiger partial charge is 0.399 e. The summed E-state index contributed by atoms with van der Waals surface area (Å²) >= 11 is 0. The molecule has 0 amide bonds. The summed E-state index contributed by atoms with van der Waals surface area (Å²) in [6.07, 6.45) is 2.38. The third-order valence-electron chi connectivity index (χ3n) is 1.01. The van der Waals surface area contributed by atoms with Crippen LogP contribution in [0.4, 0.5) is 0 Å². The van der Waals surface area contributed by atoms with Gasteiger partial charge in [-0.25, -0.2) is 0 Å². The zero-order chi connectivity index (χ0) is 6.95. The minimum atomic E-state index is -0.609. The van der Waals surface area contributed by atoms with Gasteiger partial charge in [-0.15, -0.1) is 0 Å². The standard InChI is InChI=1S/C6H16O2Si/c1-3-5-6-8-9-7-4-2/h3-6,9H2,1-2H3. The van der Waals surface area contributed by atoms with Crippen LogP contribution in [0, 0.1) is 0 Å². The lowest BCUT2D eigenvalue weighted by Crippen LogP contribution is -2.04. The summed E-state index contributed by atoms with van der Waals surface area (Å²) in [5, 5.41) is 0. The van der Waals surface area contributed by atoms with Crippen LogP contribution in [-0.4, -0.2) is 23.2 Å². The van der Waals surface area contributed by atoms with Crippen molar-refractivity contribution in [2.75, 3.05) is 13.2 Å². The Balaban J connectivity index is 2.60. The zero-order valence-corrected chi connectivity index (χ0v) is 7.77. The molecule has 0 N–H and O–H groups in total. The molecule has 9 heavy (non-hydrogen) atoms. The minimum Gasteiger partial charge on any atom is -0.399 e. The summed E-state index contributed by atoms with van der Waals surface area (Å²) in [7, 11) is -0.609. The van der Waals surface area contributed by atoms with Crippen LogP contribution in [0.5, 0.6) is 0 Å². The quantitative estimate of drug-likeness (QED) is 0.410. The highest BCUT2D eigenvalue weighted by Crippen LogP contribution is 1.85. The first-order valence-corrected chi connectivity index (χ1v) is 4.72. The molecule has 0 bridgehead atoms. The predicted molar refractivity (Wildman–Crippen MR) is 41.0 cm³/mol. The molecule has 0 spiro atoms. The molecular formula is C6H16O2Si.